The summed E-state index contributed by atoms with van der Waals surface area (Å²) in [6.07, 6.45) is 1.51. The highest BCUT2D eigenvalue weighted by Crippen LogP contribution is 2.26. The van der Waals surface area contributed by atoms with Crippen LogP contribution in [0.2, 0.25) is 0 Å². The number of hydrogen-bond acceptors (Lipinski definition) is 2. The molecule has 5 rings (SSSR count). The zero-order valence-corrected chi connectivity index (χ0v) is 15.9. The molecule has 2 aromatic heterocycles. The summed E-state index contributed by atoms with van der Waals surface area (Å²) in [4.78, 5) is 17.9. The number of halogens is 2. The van der Waals surface area contributed by atoms with Crippen LogP contribution in [0.25, 0.3) is 21.9 Å². The second-order valence-electron chi connectivity index (χ2n) is 7.20. The molecule has 30 heavy (non-hydrogen) atoms. The van der Waals surface area contributed by atoms with Crippen molar-refractivity contribution in [3.8, 4) is 0 Å². The Hall–Kier alpha value is -3.80. The van der Waals surface area contributed by atoms with Gasteiger partial charge in [0.15, 0.2) is 0 Å². The van der Waals surface area contributed by atoms with E-state index in [0.717, 1.165) is 16.5 Å². The third-order valence-corrected chi connectivity index (χ3v) is 5.29. The Morgan fingerprint density at radius 3 is 2.37 bits per heavy atom. The van der Waals surface area contributed by atoms with Gasteiger partial charge in [-0.15, -0.1) is 0 Å². The lowest BCUT2D eigenvalue weighted by atomic mass is 10.2. The minimum atomic E-state index is -0.329. The van der Waals surface area contributed by atoms with Gasteiger partial charge in [-0.25, -0.2) is 13.8 Å². The highest BCUT2D eigenvalue weighted by atomic mass is 19.1. The van der Waals surface area contributed by atoms with Gasteiger partial charge in [-0.3, -0.25) is 9.36 Å². The molecule has 0 fully saturated rings. The molecule has 0 unspecified atom stereocenters. The summed E-state index contributed by atoms with van der Waals surface area (Å²) < 4.78 is 30.9. The van der Waals surface area contributed by atoms with Crippen LogP contribution in [0, 0.1) is 11.6 Å². The maximum atomic E-state index is 14.3. The van der Waals surface area contributed by atoms with E-state index in [1.807, 2.05) is 28.8 Å². The van der Waals surface area contributed by atoms with E-state index in [1.165, 1.54) is 29.1 Å². The fourth-order valence-corrected chi connectivity index (χ4v) is 3.81. The van der Waals surface area contributed by atoms with Crippen LogP contribution >= 0.6 is 0 Å². The van der Waals surface area contributed by atoms with Crippen LogP contribution in [0.3, 0.4) is 0 Å². The quantitative estimate of drug-likeness (QED) is 0.437. The van der Waals surface area contributed by atoms with E-state index in [9.17, 15) is 13.6 Å². The third kappa shape index (κ3) is 3.06. The molecule has 0 aliphatic heterocycles. The first-order chi connectivity index (χ1) is 14.6. The monoisotopic (exact) mass is 401 g/mol. The first-order valence-electron chi connectivity index (χ1n) is 9.56. The second-order valence-corrected chi connectivity index (χ2v) is 7.20. The Balaban J connectivity index is 1.71. The van der Waals surface area contributed by atoms with Gasteiger partial charge >= 0.3 is 0 Å². The standard InChI is InChI=1S/C24H17F2N3O/c25-18-11-9-16(10-12-18)13-28-15-27-22-19-6-2-4-8-21(19)29(23(22)24(28)30)14-17-5-1-3-7-20(17)26/h1-12,15H,13-14H2. The van der Waals surface area contributed by atoms with Gasteiger partial charge in [-0.2, -0.15) is 0 Å². The third-order valence-electron chi connectivity index (χ3n) is 5.29. The maximum Gasteiger partial charge on any atom is 0.278 e. The molecule has 0 radical (unpaired) electrons. The van der Waals surface area contributed by atoms with Crippen molar-refractivity contribution in [3.63, 3.8) is 0 Å². The Bertz CT molecular complexity index is 1440. The average molecular weight is 401 g/mol. The van der Waals surface area contributed by atoms with Gasteiger partial charge in [0.05, 0.1) is 24.9 Å². The number of hydrogen-bond donors (Lipinski definition) is 0. The highest BCUT2D eigenvalue weighted by molar-refractivity contribution is 6.05. The molecule has 0 saturated carbocycles. The van der Waals surface area contributed by atoms with Crippen LogP contribution in [0.15, 0.2) is 83.9 Å². The van der Waals surface area contributed by atoms with Crippen LogP contribution < -0.4 is 5.56 Å². The molecule has 0 amide bonds. The molecular weight excluding hydrogens is 384 g/mol. The van der Waals surface area contributed by atoms with E-state index in [0.29, 0.717) is 16.6 Å². The van der Waals surface area contributed by atoms with Crippen molar-refractivity contribution in [3.05, 3.63) is 112 Å². The number of para-hydroxylation sites is 1. The Kier molecular flexibility index (Phi) is 4.39. The van der Waals surface area contributed by atoms with Gasteiger partial charge in [-0.05, 0) is 29.8 Å². The van der Waals surface area contributed by atoms with Gasteiger partial charge in [0.1, 0.15) is 22.7 Å². The van der Waals surface area contributed by atoms with Crippen LogP contribution in [-0.2, 0) is 13.1 Å². The number of nitrogens with zero attached hydrogens (tertiary/aromatic N) is 3. The minimum absolute atomic E-state index is 0.216. The predicted octanol–water partition coefficient (Wildman–Crippen LogP) is 4.73. The van der Waals surface area contributed by atoms with E-state index in [-0.39, 0.29) is 30.3 Å². The lowest BCUT2D eigenvalue weighted by molar-refractivity contribution is 0.603. The van der Waals surface area contributed by atoms with Gasteiger partial charge in [0, 0.05) is 10.9 Å². The lowest BCUT2D eigenvalue weighted by Gasteiger charge is -2.10. The fraction of sp³-hybridized carbons (Fsp3) is 0.0833. The van der Waals surface area contributed by atoms with Gasteiger partial charge in [-0.1, -0.05) is 48.5 Å². The van der Waals surface area contributed by atoms with E-state index in [2.05, 4.69) is 4.98 Å². The molecule has 0 aliphatic carbocycles. The molecule has 0 atom stereocenters. The maximum absolute atomic E-state index is 14.3. The van der Waals surface area contributed by atoms with E-state index in [1.54, 1.807) is 30.3 Å². The smallest absolute Gasteiger partial charge is 0.278 e. The van der Waals surface area contributed by atoms with Crippen molar-refractivity contribution in [2.24, 2.45) is 0 Å². The normalized spacial score (nSPS) is 11.4. The molecule has 0 bridgehead atoms. The van der Waals surface area contributed by atoms with Crippen LogP contribution in [0.4, 0.5) is 8.78 Å². The zero-order valence-electron chi connectivity index (χ0n) is 15.9. The second kappa shape index (κ2) is 7.22. The van der Waals surface area contributed by atoms with Crippen molar-refractivity contribution < 1.29 is 8.78 Å². The molecule has 2 heterocycles. The average Bonchev–Trinajstić information content (AvgIpc) is 3.08. The summed E-state index contributed by atoms with van der Waals surface area (Å²) in [5.74, 6) is -0.649. The molecule has 0 aliphatic rings. The summed E-state index contributed by atoms with van der Waals surface area (Å²) in [6, 6.07) is 20.1. The SMILES string of the molecule is O=c1c2c(ncn1Cc1ccc(F)cc1)c1ccccc1n2Cc1ccccc1F. The number of aromatic nitrogens is 3. The predicted molar refractivity (Wildman–Crippen MR) is 113 cm³/mol. The lowest BCUT2D eigenvalue weighted by Crippen LogP contribution is -2.23. The molecule has 0 saturated heterocycles. The Morgan fingerprint density at radius 2 is 1.57 bits per heavy atom. The Morgan fingerprint density at radius 1 is 0.833 bits per heavy atom. The number of rotatable bonds is 4. The van der Waals surface area contributed by atoms with Crippen molar-refractivity contribution in [2.75, 3.05) is 0 Å². The van der Waals surface area contributed by atoms with Crippen molar-refractivity contribution in [2.45, 2.75) is 13.1 Å². The molecular formula is C24H17F2N3O. The molecule has 3 aromatic carbocycles. The van der Waals surface area contributed by atoms with Gasteiger partial charge < -0.3 is 4.57 Å². The van der Waals surface area contributed by atoms with Crippen molar-refractivity contribution in [1.82, 2.24) is 14.1 Å². The molecule has 6 heteroatoms. The van der Waals surface area contributed by atoms with E-state index in [4.69, 9.17) is 0 Å². The number of benzene rings is 3. The van der Waals surface area contributed by atoms with E-state index < -0.39 is 0 Å². The summed E-state index contributed by atoms with van der Waals surface area (Å²) in [5, 5.41) is 0.842. The first kappa shape index (κ1) is 18.2. The minimum Gasteiger partial charge on any atom is -0.330 e. The largest absolute Gasteiger partial charge is 0.330 e. The molecule has 4 nitrogen and oxygen atoms in total. The Labute approximate surface area is 170 Å². The van der Waals surface area contributed by atoms with Crippen LogP contribution in [0.5, 0.6) is 0 Å². The van der Waals surface area contributed by atoms with Crippen LogP contribution in [-0.4, -0.2) is 14.1 Å². The van der Waals surface area contributed by atoms with Crippen LogP contribution in [0.1, 0.15) is 11.1 Å². The van der Waals surface area contributed by atoms with Gasteiger partial charge in [0.2, 0.25) is 0 Å². The molecule has 0 spiro atoms. The number of fused-ring (bicyclic) bond motifs is 3. The summed E-state index contributed by atoms with van der Waals surface area (Å²) >= 11 is 0. The van der Waals surface area contributed by atoms with Crippen molar-refractivity contribution in [1.29, 1.82) is 0 Å². The zero-order chi connectivity index (χ0) is 20.7. The summed E-state index contributed by atoms with van der Waals surface area (Å²) in [5.41, 5.74) is 2.88. The first-order valence-corrected chi connectivity index (χ1v) is 9.56. The molecule has 5 aromatic rings. The summed E-state index contributed by atoms with van der Waals surface area (Å²) in [6.45, 7) is 0.484. The van der Waals surface area contributed by atoms with Gasteiger partial charge in [0.25, 0.3) is 5.56 Å². The van der Waals surface area contributed by atoms with Crippen molar-refractivity contribution >= 4 is 21.9 Å². The molecule has 148 valence electrons. The van der Waals surface area contributed by atoms with E-state index >= 15 is 0 Å². The highest BCUT2D eigenvalue weighted by Gasteiger charge is 2.17. The summed E-state index contributed by atoms with van der Waals surface area (Å²) in [7, 11) is 0. The molecule has 0 N–H and O–H groups in total. The fourth-order valence-electron chi connectivity index (χ4n) is 3.81. The topological polar surface area (TPSA) is 39.8 Å².